The van der Waals surface area contributed by atoms with E-state index >= 15 is 0 Å². The predicted octanol–water partition coefficient (Wildman–Crippen LogP) is 1.23. The minimum absolute atomic E-state index is 0.135. The van der Waals surface area contributed by atoms with Gasteiger partial charge in [-0.05, 0) is 19.8 Å². The van der Waals surface area contributed by atoms with Crippen LogP contribution in [0.25, 0.3) is 0 Å². The smallest absolute Gasteiger partial charge is 0.246 e. The van der Waals surface area contributed by atoms with Crippen LogP contribution in [-0.4, -0.2) is 23.7 Å². The summed E-state index contributed by atoms with van der Waals surface area (Å²) in [6, 6.07) is 0. The van der Waals surface area contributed by atoms with Crippen molar-refractivity contribution >= 4 is 5.91 Å². The molecule has 13 heavy (non-hydrogen) atoms. The fourth-order valence-electron chi connectivity index (χ4n) is 0.981. The molecule has 1 atom stereocenters. The molecule has 0 spiro atoms. The molecule has 0 heterocycles. The number of aliphatic hydroxyl groups excluding tert-OH is 1. The van der Waals surface area contributed by atoms with E-state index in [0.717, 1.165) is 12.8 Å². The van der Waals surface area contributed by atoms with Crippen molar-refractivity contribution in [2.24, 2.45) is 0 Å². The lowest BCUT2D eigenvalue weighted by Crippen LogP contribution is -2.27. The average molecular weight is 185 g/mol. The maximum absolute atomic E-state index is 11.0. The fraction of sp³-hybridized carbons (Fsp3) is 0.700. The molecule has 0 saturated carbocycles. The van der Waals surface area contributed by atoms with Gasteiger partial charge in [-0.15, -0.1) is 0 Å². The molecule has 0 rings (SSSR count). The highest BCUT2D eigenvalue weighted by Gasteiger charge is 2.04. The third-order valence-electron chi connectivity index (χ3n) is 1.77. The summed E-state index contributed by atoms with van der Waals surface area (Å²) in [5.41, 5.74) is 0.505. The van der Waals surface area contributed by atoms with Crippen LogP contribution in [0, 0.1) is 0 Å². The lowest BCUT2D eigenvalue weighted by molar-refractivity contribution is -0.117. The third-order valence-corrected chi connectivity index (χ3v) is 1.77. The molecule has 1 unspecified atom stereocenters. The zero-order valence-electron chi connectivity index (χ0n) is 8.47. The van der Waals surface area contributed by atoms with E-state index in [1.165, 1.54) is 0 Å². The van der Waals surface area contributed by atoms with E-state index in [4.69, 9.17) is 0 Å². The summed E-state index contributed by atoms with van der Waals surface area (Å²) in [4.78, 5) is 11.0. The summed E-state index contributed by atoms with van der Waals surface area (Å²) in [6.07, 6.45) is 2.08. The van der Waals surface area contributed by atoms with Crippen LogP contribution < -0.4 is 5.32 Å². The molecule has 0 aliphatic carbocycles. The zero-order chi connectivity index (χ0) is 10.3. The largest absolute Gasteiger partial charge is 0.393 e. The van der Waals surface area contributed by atoms with Gasteiger partial charge < -0.3 is 10.4 Å². The highest BCUT2D eigenvalue weighted by molar-refractivity contribution is 5.91. The molecule has 2 N–H and O–H groups in total. The normalized spacial score (nSPS) is 12.2. The molecule has 0 bridgehead atoms. The van der Waals surface area contributed by atoms with E-state index in [9.17, 15) is 9.90 Å². The summed E-state index contributed by atoms with van der Waals surface area (Å²) >= 11 is 0. The van der Waals surface area contributed by atoms with Crippen molar-refractivity contribution < 1.29 is 9.90 Å². The molecule has 0 saturated heterocycles. The van der Waals surface area contributed by atoms with Crippen LogP contribution in [0.4, 0.5) is 0 Å². The van der Waals surface area contributed by atoms with Crippen LogP contribution >= 0.6 is 0 Å². The monoisotopic (exact) mass is 185 g/mol. The topological polar surface area (TPSA) is 49.3 Å². The summed E-state index contributed by atoms with van der Waals surface area (Å²) < 4.78 is 0. The predicted molar refractivity (Wildman–Crippen MR) is 53.4 cm³/mol. The number of hydrogen-bond donors (Lipinski definition) is 2. The second-order valence-electron chi connectivity index (χ2n) is 3.27. The number of aliphatic hydroxyl groups is 1. The molecule has 0 aromatic rings. The van der Waals surface area contributed by atoms with Gasteiger partial charge in [0.1, 0.15) is 0 Å². The van der Waals surface area contributed by atoms with E-state index < -0.39 is 0 Å². The highest BCUT2D eigenvalue weighted by atomic mass is 16.3. The van der Waals surface area contributed by atoms with Gasteiger partial charge in [-0.2, -0.15) is 0 Å². The SMILES string of the molecule is C=C(C)C(=O)NCCC(O)CCC. The zero-order valence-corrected chi connectivity index (χ0v) is 8.47. The molecular formula is C10H19NO2. The number of nitrogens with one attached hydrogen (secondary N) is 1. The van der Waals surface area contributed by atoms with Gasteiger partial charge in [-0.3, -0.25) is 4.79 Å². The first kappa shape index (κ1) is 12.2. The maximum atomic E-state index is 11.0. The standard InChI is InChI=1S/C10H19NO2/c1-4-5-9(12)6-7-11-10(13)8(2)3/h9,12H,2,4-7H2,1,3H3,(H,11,13). The van der Waals surface area contributed by atoms with E-state index in [1.54, 1.807) is 6.92 Å². The molecule has 0 fully saturated rings. The number of carbonyl (C=O) groups excluding carboxylic acids is 1. The van der Waals surface area contributed by atoms with Gasteiger partial charge in [0, 0.05) is 12.1 Å². The highest BCUT2D eigenvalue weighted by Crippen LogP contribution is 1.99. The van der Waals surface area contributed by atoms with Gasteiger partial charge in [0.25, 0.3) is 0 Å². The molecule has 0 radical (unpaired) electrons. The van der Waals surface area contributed by atoms with E-state index in [-0.39, 0.29) is 12.0 Å². The van der Waals surface area contributed by atoms with Crippen LogP contribution in [-0.2, 0) is 4.79 Å². The quantitative estimate of drug-likeness (QED) is 0.611. The lowest BCUT2D eigenvalue weighted by Gasteiger charge is -2.09. The summed E-state index contributed by atoms with van der Waals surface area (Å²) in [5, 5.41) is 12.0. The molecule has 3 nitrogen and oxygen atoms in total. The molecule has 1 amide bonds. The molecule has 0 aromatic heterocycles. The second-order valence-corrected chi connectivity index (χ2v) is 3.27. The molecule has 0 aliphatic rings. The van der Waals surface area contributed by atoms with Gasteiger partial charge in [0.2, 0.25) is 5.91 Å². The molecule has 76 valence electrons. The van der Waals surface area contributed by atoms with Crippen molar-refractivity contribution in [1.82, 2.24) is 5.32 Å². The number of carbonyl (C=O) groups is 1. The van der Waals surface area contributed by atoms with E-state index in [0.29, 0.717) is 18.5 Å². The van der Waals surface area contributed by atoms with Crippen molar-refractivity contribution in [3.8, 4) is 0 Å². The Balaban J connectivity index is 3.44. The number of rotatable bonds is 6. The van der Waals surface area contributed by atoms with Crippen LogP contribution in [0.2, 0.25) is 0 Å². The Labute approximate surface area is 79.8 Å². The van der Waals surface area contributed by atoms with Crippen LogP contribution in [0.15, 0.2) is 12.2 Å². The van der Waals surface area contributed by atoms with Gasteiger partial charge in [-0.25, -0.2) is 0 Å². The Bertz CT molecular complexity index is 178. The van der Waals surface area contributed by atoms with E-state index in [2.05, 4.69) is 11.9 Å². The van der Waals surface area contributed by atoms with Crippen molar-refractivity contribution in [2.45, 2.75) is 39.2 Å². The minimum Gasteiger partial charge on any atom is -0.393 e. The average Bonchev–Trinajstić information content (AvgIpc) is 2.04. The Hall–Kier alpha value is -0.830. The van der Waals surface area contributed by atoms with Crippen molar-refractivity contribution in [3.63, 3.8) is 0 Å². The fourth-order valence-corrected chi connectivity index (χ4v) is 0.981. The van der Waals surface area contributed by atoms with Crippen molar-refractivity contribution in [1.29, 1.82) is 0 Å². The van der Waals surface area contributed by atoms with Crippen molar-refractivity contribution in [2.75, 3.05) is 6.54 Å². The van der Waals surface area contributed by atoms with Crippen LogP contribution in [0.3, 0.4) is 0 Å². The third kappa shape index (κ3) is 6.34. The molecule has 0 aromatic carbocycles. The first-order chi connectivity index (χ1) is 6.07. The van der Waals surface area contributed by atoms with Crippen molar-refractivity contribution in [3.05, 3.63) is 12.2 Å². The lowest BCUT2D eigenvalue weighted by atomic mass is 10.1. The molecule has 0 aliphatic heterocycles. The van der Waals surface area contributed by atoms with Gasteiger partial charge >= 0.3 is 0 Å². The summed E-state index contributed by atoms with van der Waals surface area (Å²) in [7, 11) is 0. The van der Waals surface area contributed by atoms with Gasteiger partial charge in [-0.1, -0.05) is 19.9 Å². The van der Waals surface area contributed by atoms with Crippen LogP contribution in [0.5, 0.6) is 0 Å². The Morgan fingerprint density at radius 3 is 2.62 bits per heavy atom. The molecular weight excluding hydrogens is 166 g/mol. The Kier molecular flexibility index (Phi) is 6.24. The second kappa shape index (κ2) is 6.66. The van der Waals surface area contributed by atoms with Crippen LogP contribution in [0.1, 0.15) is 33.1 Å². The first-order valence-electron chi connectivity index (χ1n) is 4.69. The first-order valence-corrected chi connectivity index (χ1v) is 4.69. The summed E-state index contributed by atoms with van der Waals surface area (Å²) in [6.45, 7) is 7.72. The number of hydrogen-bond acceptors (Lipinski definition) is 2. The van der Waals surface area contributed by atoms with Gasteiger partial charge in [0.15, 0.2) is 0 Å². The minimum atomic E-state index is -0.296. The Morgan fingerprint density at radius 2 is 2.15 bits per heavy atom. The number of amides is 1. The maximum Gasteiger partial charge on any atom is 0.246 e. The Morgan fingerprint density at radius 1 is 1.54 bits per heavy atom. The molecule has 3 heteroatoms. The summed E-state index contributed by atoms with van der Waals surface area (Å²) in [5.74, 6) is -0.135. The van der Waals surface area contributed by atoms with Gasteiger partial charge in [0.05, 0.1) is 6.10 Å². The van der Waals surface area contributed by atoms with E-state index in [1.807, 2.05) is 6.92 Å².